The minimum absolute atomic E-state index is 0.265. The smallest absolute Gasteiger partial charge is 0.269 e. The van der Waals surface area contributed by atoms with E-state index < -0.39 is 10.0 Å². The van der Waals surface area contributed by atoms with Crippen molar-refractivity contribution in [3.05, 3.63) is 59.2 Å². The first-order chi connectivity index (χ1) is 13.4. The molecule has 1 saturated heterocycles. The zero-order valence-electron chi connectivity index (χ0n) is 16.0. The van der Waals surface area contributed by atoms with Gasteiger partial charge in [0.2, 0.25) is 0 Å². The SMILES string of the molecule is CN1CCC(N(C)c2cccc3c2ccn3S(=O)(=O)c2ccccc2Br)CC1. The van der Waals surface area contributed by atoms with Gasteiger partial charge in [0.15, 0.2) is 0 Å². The Morgan fingerprint density at radius 1 is 1.04 bits per heavy atom. The quantitative estimate of drug-likeness (QED) is 0.584. The molecule has 1 aliphatic rings. The molecule has 0 aliphatic carbocycles. The van der Waals surface area contributed by atoms with Gasteiger partial charge in [-0.25, -0.2) is 12.4 Å². The number of hydrogen-bond donors (Lipinski definition) is 0. The Morgan fingerprint density at radius 2 is 1.75 bits per heavy atom. The topological polar surface area (TPSA) is 45.5 Å². The van der Waals surface area contributed by atoms with Crippen molar-refractivity contribution in [3.8, 4) is 0 Å². The number of aromatic nitrogens is 1. The van der Waals surface area contributed by atoms with E-state index >= 15 is 0 Å². The summed E-state index contributed by atoms with van der Waals surface area (Å²) in [6, 6.07) is 15.2. The van der Waals surface area contributed by atoms with Crippen LogP contribution in [0.3, 0.4) is 0 Å². The van der Waals surface area contributed by atoms with Crippen LogP contribution in [-0.2, 0) is 10.0 Å². The first-order valence-corrected chi connectivity index (χ1v) is 11.6. The maximum Gasteiger partial charge on any atom is 0.269 e. The Morgan fingerprint density at radius 3 is 2.46 bits per heavy atom. The van der Waals surface area contributed by atoms with E-state index in [1.807, 2.05) is 24.3 Å². The van der Waals surface area contributed by atoms with Gasteiger partial charge >= 0.3 is 0 Å². The minimum Gasteiger partial charge on any atom is -0.371 e. The summed E-state index contributed by atoms with van der Waals surface area (Å²) >= 11 is 3.37. The molecule has 0 N–H and O–H groups in total. The molecule has 0 atom stereocenters. The lowest BCUT2D eigenvalue weighted by molar-refractivity contribution is 0.253. The molecule has 148 valence electrons. The summed E-state index contributed by atoms with van der Waals surface area (Å²) in [6.07, 6.45) is 3.88. The fourth-order valence-corrected chi connectivity index (χ4v) is 6.30. The normalized spacial score (nSPS) is 16.5. The van der Waals surface area contributed by atoms with Gasteiger partial charge < -0.3 is 9.80 Å². The van der Waals surface area contributed by atoms with Crippen molar-refractivity contribution in [2.45, 2.75) is 23.8 Å². The summed E-state index contributed by atoms with van der Waals surface area (Å²) in [6.45, 7) is 2.17. The molecule has 0 amide bonds. The molecule has 1 fully saturated rings. The van der Waals surface area contributed by atoms with Crippen LogP contribution < -0.4 is 4.90 Å². The molecular weight excluding hydrogens is 438 g/mol. The van der Waals surface area contributed by atoms with Crippen LogP contribution in [0.1, 0.15) is 12.8 Å². The summed E-state index contributed by atoms with van der Waals surface area (Å²) in [5.74, 6) is 0. The number of benzene rings is 2. The molecule has 0 saturated carbocycles. The number of anilines is 1. The third kappa shape index (κ3) is 3.36. The molecule has 0 spiro atoms. The Balaban J connectivity index is 1.76. The zero-order chi connectivity index (χ0) is 19.9. The molecular formula is C21H24BrN3O2S. The summed E-state index contributed by atoms with van der Waals surface area (Å²) in [4.78, 5) is 4.93. The molecule has 0 radical (unpaired) electrons. The van der Waals surface area contributed by atoms with E-state index in [1.165, 1.54) is 3.97 Å². The van der Waals surface area contributed by atoms with Gasteiger partial charge in [-0.05, 0) is 79.2 Å². The van der Waals surface area contributed by atoms with Gasteiger partial charge in [0.05, 0.1) is 5.52 Å². The first-order valence-electron chi connectivity index (χ1n) is 9.41. The molecule has 0 bridgehead atoms. The Hall–Kier alpha value is -1.83. The van der Waals surface area contributed by atoms with E-state index in [2.05, 4.69) is 45.9 Å². The highest BCUT2D eigenvalue weighted by Crippen LogP contribution is 2.33. The molecule has 2 heterocycles. The van der Waals surface area contributed by atoms with Crippen LogP contribution in [0.5, 0.6) is 0 Å². The Labute approximate surface area is 174 Å². The Bertz CT molecular complexity index is 1100. The second-order valence-corrected chi connectivity index (χ2v) is 10.0. The number of nitrogens with zero attached hydrogens (tertiary/aromatic N) is 3. The van der Waals surface area contributed by atoms with Crippen LogP contribution >= 0.6 is 15.9 Å². The van der Waals surface area contributed by atoms with Gasteiger partial charge in [0.25, 0.3) is 10.0 Å². The molecule has 3 aromatic rings. The van der Waals surface area contributed by atoms with Crippen molar-refractivity contribution in [1.82, 2.24) is 8.87 Å². The van der Waals surface area contributed by atoms with Crippen LogP contribution in [0.2, 0.25) is 0 Å². The summed E-state index contributed by atoms with van der Waals surface area (Å²) in [7, 11) is 0.589. The van der Waals surface area contributed by atoms with Crippen molar-refractivity contribution in [2.75, 3.05) is 32.1 Å². The van der Waals surface area contributed by atoms with Gasteiger partial charge in [-0.2, -0.15) is 0 Å². The molecule has 1 aromatic heterocycles. The second-order valence-electron chi connectivity index (χ2n) is 7.40. The Kier molecular flexibility index (Phi) is 5.24. The molecule has 7 heteroatoms. The van der Waals surface area contributed by atoms with Crippen molar-refractivity contribution in [1.29, 1.82) is 0 Å². The van der Waals surface area contributed by atoms with E-state index in [4.69, 9.17) is 0 Å². The van der Waals surface area contributed by atoms with E-state index in [0.29, 0.717) is 16.0 Å². The van der Waals surface area contributed by atoms with Gasteiger partial charge in [-0.15, -0.1) is 0 Å². The van der Waals surface area contributed by atoms with E-state index in [0.717, 1.165) is 37.0 Å². The number of hydrogen-bond acceptors (Lipinski definition) is 4. The second kappa shape index (κ2) is 7.54. The van der Waals surface area contributed by atoms with Crippen molar-refractivity contribution in [2.24, 2.45) is 0 Å². The highest BCUT2D eigenvalue weighted by molar-refractivity contribution is 9.10. The van der Waals surface area contributed by atoms with Gasteiger partial charge in [0.1, 0.15) is 4.90 Å². The maximum absolute atomic E-state index is 13.3. The van der Waals surface area contributed by atoms with E-state index in [9.17, 15) is 8.42 Å². The average molecular weight is 462 g/mol. The highest BCUT2D eigenvalue weighted by atomic mass is 79.9. The fraction of sp³-hybridized carbons (Fsp3) is 0.333. The monoisotopic (exact) mass is 461 g/mol. The lowest BCUT2D eigenvalue weighted by Gasteiger charge is -2.36. The predicted octanol–water partition coefficient (Wildman–Crippen LogP) is 4.17. The summed E-state index contributed by atoms with van der Waals surface area (Å²) in [5, 5.41) is 0.958. The molecule has 5 nitrogen and oxygen atoms in total. The van der Waals surface area contributed by atoms with Crippen molar-refractivity contribution >= 4 is 42.5 Å². The average Bonchev–Trinajstić information content (AvgIpc) is 3.13. The number of likely N-dealkylation sites (tertiary alicyclic amines) is 1. The third-order valence-electron chi connectivity index (χ3n) is 5.66. The van der Waals surface area contributed by atoms with Crippen LogP contribution in [0.4, 0.5) is 5.69 Å². The number of fused-ring (bicyclic) bond motifs is 1. The van der Waals surface area contributed by atoms with Crippen LogP contribution in [0.15, 0.2) is 64.1 Å². The van der Waals surface area contributed by atoms with Crippen molar-refractivity contribution < 1.29 is 8.42 Å². The first kappa shape index (κ1) is 19.5. The number of piperidine rings is 1. The van der Waals surface area contributed by atoms with Crippen LogP contribution in [-0.4, -0.2) is 50.5 Å². The van der Waals surface area contributed by atoms with Gasteiger partial charge in [0, 0.05) is 34.8 Å². The summed E-state index contributed by atoms with van der Waals surface area (Å²) < 4.78 is 28.5. The van der Waals surface area contributed by atoms with E-state index in [1.54, 1.807) is 24.4 Å². The van der Waals surface area contributed by atoms with Crippen LogP contribution in [0.25, 0.3) is 10.9 Å². The molecule has 28 heavy (non-hydrogen) atoms. The minimum atomic E-state index is -3.68. The molecule has 1 aliphatic heterocycles. The van der Waals surface area contributed by atoms with Gasteiger partial charge in [-0.3, -0.25) is 0 Å². The lowest BCUT2D eigenvalue weighted by atomic mass is 10.0. The lowest BCUT2D eigenvalue weighted by Crippen LogP contribution is -2.42. The highest BCUT2D eigenvalue weighted by Gasteiger charge is 2.25. The summed E-state index contributed by atoms with van der Waals surface area (Å²) in [5.41, 5.74) is 1.78. The predicted molar refractivity (Wildman–Crippen MR) is 118 cm³/mol. The van der Waals surface area contributed by atoms with Crippen LogP contribution in [0, 0.1) is 0 Å². The third-order valence-corrected chi connectivity index (χ3v) is 8.37. The molecule has 2 aromatic carbocycles. The standard InChI is InChI=1S/C21H24BrN3O2S/c1-23-13-10-16(11-14-23)24(2)19-7-5-8-20-17(19)12-15-25(20)28(26,27)21-9-4-3-6-18(21)22/h3-9,12,15-16H,10-11,13-14H2,1-2H3. The fourth-order valence-electron chi connectivity index (χ4n) is 3.98. The number of halogens is 1. The zero-order valence-corrected chi connectivity index (χ0v) is 18.4. The number of rotatable bonds is 4. The molecule has 4 rings (SSSR count). The maximum atomic E-state index is 13.3. The van der Waals surface area contributed by atoms with E-state index in [-0.39, 0.29) is 4.90 Å². The largest absolute Gasteiger partial charge is 0.371 e. The molecule has 0 unspecified atom stereocenters. The van der Waals surface area contributed by atoms with Crippen molar-refractivity contribution in [3.63, 3.8) is 0 Å². The van der Waals surface area contributed by atoms with Gasteiger partial charge in [-0.1, -0.05) is 18.2 Å².